The van der Waals surface area contributed by atoms with E-state index in [9.17, 15) is 4.79 Å². The molecule has 0 bridgehead atoms. The van der Waals surface area contributed by atoms with Gasteiger partial charge in [0.25, 0.3) is 0 Å². The summed E-state index contributed by atoms with van der Waals surface area (Å²) < 4.78 is 1.49. The maximum absolute atomic E-state index is 11.3. The van der Waals surface area contributed by atoms with Crippen LogP contribution in [0.5, 0.6) is 0 Å². The number of rotatable bonds is 3. The summed E-state index contributed by atoms with van der Waals surface area (Å²) in [6.45, 7) is 1.76. The number of carbonyl (C=O) groups excluding carboxylic acids is 1. The van der Waals surface area contributed by atoms with Crippen LogP contribution >= 0.6 is 34.8 Å². The van der Waals surface area contributed by atoms with Gasteiger partial charge in [0.1, 0.15) is 5.69 Å². The van der Waals surface area contributed by atoms with Gasteiger partial charge in [-0.2, -0.15) is 0 Å². The number of nitrogens with zero attached hydrogens (tertiary/aromatic N) is 2. The van der Waals surface area contributed by atoms with Gasteiger partial charge in [-0.15, -0.1) is 5.10 Å². The third kappa shape index (κ3) is 3.21. The molecule has 0 unspecified atom stereocenters. The molecule has 4 nitrogen and oxygen atoms in total. The van der Waals surface area contributed by atoms with Crippen LogP contribution in [0.1, 0.15) is 13.3 Å². The number of hydrogen-bond acceptors (Lipinski definition) is 2. The maximum Gasteiger partial charge on any atom is 0.225 e. The topological polar surface area (TPSA) is 46.9 Å². The van der Waals surface area contributed by atoms with Crippen LogP contribution < -0.4 is 5.32 Å². The van der Waals surface area contributed by atoms with E-state index >= 15 is 0 Å². The van der Waals surface area contributed by atoms with E-state index in [1.54, 1.807) is 31.3 Å². The highest BCUT2D eigenvalue weighted by Gasteiger charge is 2.12. The van der Waals surface area contributed by atoms with Gasteiger partial charge in [-0.1, -0.05) is 41.7 Å². The number of benzene rings is 1. The van der Waals surface area contributed by atoms with E-state index in [0.29, 0.717) is 33.0 Å². The van der Waals surface area contributed by atoms with Crippen molar-refractivity contribution in [2.75, 3.05) is 5.32 Å². The summed E-state index contributed by atoms with van der Waals surface area (Å²) in [7, 11) is 0. The summed E-state index contributed by atoms with van der Waals surface area (Å²) >= 11 is 18.0. The lowest BCUT2D eigenvalue weighted by atomic mass is 10.3. The molecule has 7 heteroatoms. The molecule has 19 heavy (non-hydrogen) atoms. The van der Waals surface area contributed by atoms with Crippen molar-refractivity contribution in [3.8, 4) is 5.69 Å². The maximum atomic E-state index is 11.3. The quantitative estimate of drug-likeness (QED) is 0.922. The predicted octanol–water partition coefficient (Wildman–Crippen LogP) is 4.18. The first-order valence-electron chi connectivity index (χ1n) is 5.51. The van der Waals surface area contributed by atoms with Gasteiger partial charge in [0.15, 0.2) is 5.82 Å². The van der Waals surface area contributed by atoms with Crippen LogP contribution in [0.25, 0.3) is 5.69 Å². The first-order chi connectivity index (χ1) is 9.01. The molecule has 2 rings (SSSR count). The summed E-state index contributed by atoms with van der Waals surface area (Å²) in [4.78, 5) is 11.3. The molecule has 1 aromatic heterocycles. The summed E-state index contributed by atoms with van der Waals surface area (Å²) in [5.41, 5.74) is 0.518. The fraction of sp³-hybridized carbons (Fsp3) is 0.167. The van der Waals surface area contributed by atoms with Crippen LogP contribution in [0.2, 0.25) is 15.1 Å². The van der Waals surface area contributed by atoms with E-state index in [-0.39, 0.29) is 5.91 Å². The molecule has 0 aliphatic heterocycles. The molecule has 1 aromatic carbocycles. The van der Waals surface area contributed by atoms with Crippen LogP contribution in [0.3, 0.4) is 0 Å². The molecule has 0 radical (unpaired) electrons. The molecular weight excluding hydrogens is 309 g/mol. The van der Waals surface area contributed by atoms with E-state index in [2.05, 4.69) is 10.4 Å². The molecule has 100 valence electrons. The third-order valence-electron chi connectivity index (χ3n) is 2.39. The second kappa shape index (κ2) is 5.82. The first kappa shape index (κ1) is 14.2. The van der Waals surface area contributed by atoms with Crippen molar-refractivity contribution in [1.29, 1.82) is 0 Å². The number of carbonyl (C=O) groups is 1. The Hall–Kier alpha value is -1.23. The highest BCUT2D eigenvalue weighted by Crippen LogP contribution is 2.32. The molecule has 2 aromatic rings. The Morgan fingerprint density at radius 2 is 1.95 bits per heavy atom. The van der Waals surface area contributed by atoms with Crippen LogP contribution in [0.15, 0.2) is 24.4 Å². The Kier molecular flexibility index (Phi) is 4.34. The molecule has 0 aliphatic rings. The Labute approximate surface area is 125 Å². The molecule has 0 atom stereocenters. The average molecular weight is 319 g/mol. The van der Waals surface area contributed by atoms with Gasteiger partial charge in [0.05, 0.1) is 10.0 Å². The second-order valence-electron chi connectivity index (χ2n) is 3.77. The number of hydrogen-bond donors (Lipinski definition) is 1. The van der Waals surface area contributed by atoms with E-state index in [0.717, 1.165) is 0 Å². The Morgan fingerprint density at radius 1 is 1.32 bits per heavy atom. The first-order valence-corrected chi connectivity index (χ1v) is 6.65. The molecule has 1 N–H and O–H groups in total. The molecule has 0 fully saturated rings. The summed E-state index contributed by atoms with van der Waals surface area (Å²) in [6, 6.07) is 4.82. The van der Waals surface area contributed by atoms with Gasteiger partial charge >= 0.3 is 0 Å². The zero-order valence-electron chi connectivity index (χ0n) is 9.95. The fourth-order valence-corrected chi connectivity index (χ4v) is 2.49. The van der Waals surface area contributed by atoms with Crippen LogP contribution in [-0.2, 0) is 4.79 Å². The van der Waals surface area contributed by atoms with Gasteiger partial charge in [-0.3, -0.25) is 4.79 Å². The Balaban J connectivity index is 2.36. The van der Waals surface area contributed by atoms with Crippen molar-refractivity contribution >= 4 is 46.5 Å². The van der Waals surface area contributed by atoms with Gasteiger partial charge in [-0.25, -0.2) is 4.68 Å². The molecule has 1 amide bonds. The molecular formula is C12H10Cl3N3O. The van der Waals surface area contributed by atoms with E-state index in [1.807, 2.05) is 0 Å². The van der Waals surface area contributed by atoms with Crippen LogP contribution in [0.4, 0.5) is 5.82 Å². The minimum absolute atomic E-state index is 0.112. The largest absolute Gasteiger partial charge is 0.309 e. The van der Waals surface area contributed by atoms with Crippen LogP contribution in [0, 0.1) is 0 Å². The minimum atomic E-state index is -0.112. The summed E-state index contributed by atoms with van der Waals surface area (Å²) in [5.74, 6) is 0.326. The number of halogens is 3. The monoisotopic (exact) mass is 317 g/mol. The summed E-state index contributed by atoms with van der Waals surface area (Å²) in [5, 5.41) is 8.06. The van der Waals surface area contributed by atoms with Gasteiger partial charge in [0.2, 0.25) is 5.91 Å². The molecule has 0 saturated heterocycles. The highest BCUT2D eigenvalue weighted by atomic mass is 35.5. The van der Waals surface area contributed by atoms with Crippen molar-refractivity contribution in [2.45, 2.75) is 13.3 Å². The zero-order chi connectivity index (χ0) is 14.0. The summed E-state index contributed by atoms with van der Waals surface area (Å²) in [6.07, 6.45) is 2.04. The normalized spacial score (nSPS) is 10.5. The smallest absolute Gasteiger partial charge is 0.225 e. The molecule has 0 spiro atoms. The fourth-order valence-electron chi connectivity index (χ4n) is 1.50. The van der Waals surface area contributed by atoms with Gasteiger partial charge < -0.3 is 5.32 Å². The lowest BCUT2D eigenvalue weighted by molar-refractivity contribution is -0.115. The SMILES string of the molecule is CCC(=O)Nc1ccn(-c2c(Cl)cc(Cl)cc2Cl)n1. The Bertz CT molecular complexity index is 601. The number of nitrogens with one attached hydrogen (secondary N) is 1. The van der Waals surface area contributed by atoms with E-state index in [1.165, 1.54) is 4.68 Å². The zero-order valence-corrected chi connectivity index (χ0v) is 12.2. The second-order valence-corrected chi connectivity index (χ2v) is 5.02. The lowest BCUT2D eigenvalue weighted by Crippen LogP contribution is -2.10. The molecule has 0 saturated carbocycles. The van der Waals surface area contributed by atoms with Gasteiger partial charge in [-0.05, 0) is 12.1 Å². The average Bonchev–Trinajstić information content (AvgIpc) is 2.75. The van der Waals surface area contributed by atoms with E-state index < -0.39 is 0 Å². The number of anilines is 1. The molecule has 0 aliphatic carbocycles. The van der Waals surface area contributed by atoms with Crippen LogP contribution in [-0.4, -0.2) is 15.7 Å². The number of amides is 1. The molecule has 1 heterocycles. The number of aromatic nitrogens is 2. The van der Waals surface area contributed by atoms with Crippen molar-refractivity contribution in [1.82, 2.24) is 9.78 Å². The standard InChI is InChI=1S/C12H10Cl3N3O/c1-2-11(19)16-10-3-4-18(17-10)12-8(14)5-7(13)6-9(12)15/h3-6H,2H2,1H3,(H,16,17,19). The van der Waals surface area contributed by atoms with Crippen molar-refractivity contribution < 1.29 is 4.79 Å². The van der Waals surface area contributed by atoms with Gasteiger partial charge in [0, 0.05) is 23.7 Å². The predicted molar refractivity (Wildman–Crippen MR) is 77.5 cm³/mol. The highest BCUT2D eigenvalue weighted by molar-refractivity contribution is 6.40. The van der Waals surface area contributed by atoms with Crippen molar-refractivity contribution in [3.05, 3.63) is 39.5 Å². The third-order valence-corrected chi connectivity index (χ3v) is 3.18. The van der Waals surface area contributed by atoms with Crippen molar-refractivity contribution in [2.24, 2.45) is 0 Å². The Morgan fingerprint density at radius 3 is 2.53 bits per heavy atom. The van der Waals surface area contributed by atoms with E-state index in [4.69, 9.17) is 34.8 Å². The lowest BCUT2D eigenvalue weighted by Gasteiger charge is -2.07. The minimum Gasteiger partial charge on any atom is -0.309 e. The van der Waals surface area contributed by atoms with Crippen molar-refractivity contribution in [3.63, 3.8) is 0 Å².